The van der Waals surface area contributed by atoms with E-state index >= 15 is 0 Å². The molecule has 2 unspecified atom stereocenters. The van der Waals surface area contributed by atoms with E-state index in [4.69, 9.17) is 4.74 Å². The number of alkyl carbamates (subject to hydrolysis) is 1. The number of benzene rings is 1. The van der Waals surface area contributed by atoms with Crippen LogP contribution in [0.4, 0.5) is 4.79 Å². The molecule has 0 aliphatic rings. The van der Waals surface area contributed by atoms with Gasteiger partial charge in [0.2, 0.25) is 11.8 Å². The van der Waals surface area contributed by atoms with E-state index in [1.165, 1.54) is 18.9 Å². The highest BCUT2D eigenvalue weighted by Crippen LogP contribution is 2.28. The van der Waals surface area contributed by atoms with Crippen LogP contribution < -0.4 is 10.6 Å². The fourth-order valence-electron chi connectivity index (χ4n) is 3.28. The summed E-state index contributed by atoms with van der Waals surface area (Å²) in [6.45, 7) is 9.16. The zero-order chi connectivity index (χ0) is 25.3. The summed E-state index contributed by atoms with van der Waals surface area (Å²) in [7, 11) is 1.20. The van der Waals surface area contributed by atoms with E-state index < -0.39 is 48.2 Å². The van der Waals surface area contributed by atoms with Gasteiger partial charge in [-0.3, -0.25) is 14.4 Å². The van der Waals surface area contributed by atoms with Gasteiger partial charge in [0.1, 0.15) is 24.2 Å². The highest BCUT2D eigenvalue weighted by Gasteiger charge is 2.36. The molecule has 0 saturated carbocycles. The van der Waals surface area contributed by atoms with Crippen molar-refractivity contribution in [3.8, 4) is 0 Å². The van der Waals surface area contributed by atoms with E-state index in [0.29, 0.717) is 5.56 Å². The molecule has 3 amide bonds. The van der Waals surface area contributed by atoms with Gasteiger partial charge in [-0.25, -0.2) is 4.79 Å². The number of hydrogen-bond donors (Lipinski definition) is 3. The molecule has 0 heterocycles. The van der Waals surface area contributed by atoms with Crippen molar-refractivity contribution in [1.29, 1.82) is 0 Å². The standard InChI is InChI=1S/C23H35N3O7/c1-14-9-8-10-15(2)18(14)19(20(29)24-13-17(28)32-7)26(11-12-27)21(30)16(3)25-22(31)33-23(4,5)6/h8-10,16,19,27H,11-13H2,1-7H3,(H,24,29)(H,25,31). The minimum atomic E-state index is -1.15. The highest BCUT2D eigenvalue weighted by atomic mass is 16.6. The van der Waals surface area contributed by atoms with Gasteiger partial charge in [-0.05, 0) is 58.2 Å². The number of aliphatic hydroxyl groups is 1. The molecular weight excluding hydrogens is 430 g/mol. The van der Waals surface area contributed by atoms with E-state index in [2.05, 4.69) is 15.4 Å². The second-order valence-electron chi connectivity index (χ2n) is 8.63. The van der Waals surface area contributed by atoms with Gasteiger partial charge < -0.3 is 30.1 Å². The Morgan fingerprint density at radius 3 is 2.18 bits per heavy atom. The zero-order valence-electron chi connectivity index (χ0n) is 20.4. The Hall–Kier alpha value is -3.14. The summed E-state index contributed by atoms with van der Waals surface area (Å²) < 4.78 is 9.78. The smallest absolute Gasteiger partial charge is 0.408 e. The van der Waals surface area contributed by atoms with Crippen LogP contribution >= 0.6 is 0 Å². The number of aryl methyl sites for hydroxylation is 2. The third-order valence-corrected chi connectivity index (χ3v) is 4.74. The first-order valence-electron chi connectivity index (χ1n) is 10.6. The molecule has 2 atom stereocenters. The van der Waals surface area contributed by atoms with E-state index in [0.717, 1.165) is 11.1 Å². The number of esters is 1. The van der Waals surface area contributed by atoms with Crippen LogP contribution in [0.3, 0.4) is 0 Å². The molecule has 0 aliphatic carbocycles. The van der Waals surface area contributed by atoms with Crippen molar-refractivity contribution in [2.75, 3.05) is 26.8 Å². The first kappa shape index (κ1) is 27.9. The molecule has 0 aliphatic heterocycles. The van der Waals surface area contributed by atoms with Gasteiger partial charge in [0.25, 0.3) is 0 Å². The third-order valence-electron chi connectivity index (χ3n) is 4.74. The molecule has 10 heteroatoms. The van der Waals surface area contributed by atoms with E-state index in [9.17, 15) is 24.3 Å². The lowest BCUT2D eigenvalue weighted by molar-refractivity contribution is -0.145. The van der Waals surface area contributed by atoms with Crippen LogP contribution in [-0.2, 0) is 23.9 Å². The molecule has 0 bridgehead atoms. The molecule has 0 radical (unpaired) electrons. The number of rotatable bonds is 9. The Morgan fingerprint density at radius 1 is 1.12 bits per heavy atom. The minimum absolute atomic E-state index is 0.177. The number of aliphatic hydroxyl groups excluding tert-OH is 1. The van der Waals surface area contributed by atoms with Gasteiger partial charge in [-0.1, -0.05) is 18.2 Å². The molecule has 3 N–H and O–H groups in total. The number of amides is 3. The summed E-state index contributed by atoms with van der Waals surface area (Å²) in [5.74, 6) is -1.87. The van der Waals surface area contributed by atoms with Crippen molar-refractivity contribution >= 4 is 23.9 Å². The number of carbonyl (C=O) groups excluding carboxylic acids is 4. The average molecular weight is 466 g/mol. The number of carbonyl (C=O) groups is 4. The molecule has 184 valence electrons. The first-order valence-corrected chi connectivity index (χ1v) is 10.6. The lowest BCUT2D eigenvalue weighted by Gasteiger charge is -2.34. The van der Waals surface area contributed by atoms with Crippen LogP contribution in [0.15, 0.2) is 18.2 Å². The molecule has 0 fully saturated rings. The maximum atomic E-state index is 13.3. The van der Waals surface area contributed by atoms with Gasteiger partial charge >= 0.3 is 12.1 Å². The topological polar surface area (TPSA) is 134 Å². The maximum Gasteiger partial charge on any atom is 0.408 e. The van der Waals surface area contributed by atoms with E-state index in [-0.39, 0.29) is 13.1 Å². The molecule has 1 aromatic rings. The Balaban J connectivity index is 3.34. The van der Waals surface area contributed by atoms with Crippen LogP contribution in [-0.4, -0.2) is 72.3 Å². The van der Waals surface area contributed by atoms with E-state index in [1.807, 2.05) is 6.07 Å². The number of nitrogens with one attached hydrogen (secondary N) is 2. The van der Waals surface area contributed by atoms with Gasteiger partial charge in [-0.2, -0.15) is 0 Å². The molecule has 1 rings (SSSR count). The second kappa shape index (κ2) is 12.2. The fourth-order valence-corrected chi connectivity index (χ4v) is 3.28. The minimum Gasteiger partial charge on any atom is -0.468 e. The van der Waals surface area contributed by atoms with Crippen LogP contribution in [0.1, 0.15) is 50.4 Å². The third kappa shape index (κ3) is 8.38. The average Bonchev–Trinajstić information content (AvgIpc) is 2.71. The Kier molecular flexibility index (Phi) is 10.3. The molecule has 33 heavy (non-hydrogen) atoms. The quantitative estimate of drug-likeness (QED) is 0.469. The SMILES string of the molecule is COC(=O)CNC(=O)C(c1c(C)cccc1C)N(CCO)C(=O)C(C)NC(=O)OC(C)(C)C. The molecule has 0 aromatic heterocycles. The summed E-state index contributed by atoms with van der Waals surface area (Å²) >= 11 is 0. The Morgan fingerprint density at radius 2 is 1.70 bits per heavy atom. The van der Waals surface area contributed by atoms with Crippen LogP contribution in [0.5, 0.6) is 0 Å². The summed E-state index contributed by atoms with van der Waals surface area (Å²) in [6, 6.07) is 3.22. The van der Waals surface area contributed by atoms with Crippen molar-refractivity contribution in [2.24, 2.45) is 0 Å². The van der Waals surface area contributed by atoms with Crippen LogP contribution in [0.2, 0.25) is 0 Å². The Bertz CT molecular complexity index is 844. The van der Waals surface area contributed by atoms with Gasteiger partial charge in [0, 0.05) is 6.54 Å². The molecule has 10 nitrogen and oxygen atoms in total. The molecule has 0 saturated heterocycles. The molecule has 1 aromatic carbocycles. The van der Waals surface area contributed by atoms with Crippen molar-refractivity contribution < 1.29 is 33.8 Å². The highest BCUT2D eigenvalue weighted by molar-refractivity contribution is 5.93. The van der Waals surface area contributed by atoms with Crippen molar-refractivity contribution in [1.82, 2.24) is 15.5 Å². The van der Waals surface area contributed by atoms with Gasteiger partial charge in [0.15, 0.2) is 0 Å². The predicted octanol–water partition coefficient (Wildman–Crippen LogP) is 1.37. The molecular formula is C23H35N3O7. The predicted molar refractivity (Wildman–Crippen MR) is 121 cm³/mol. The van der Waals surface area contributed by atoms with Crippen LogP contribution in [0, 0.1) is 13.8 Å². The van der Waals surface area contributed by atoms with Gasteiger partial charge in [0.05, 0.1) is 13.7 Å². The van der Waals surface area contributed by atoms with Crippen molar-refractivity contribution in [2.45, 2.75) is 59.2 Å². The number of nitrogens with zero attached hydrogens (tertiary/aromatic N) is 1. The lowest BCUT2D eigenvalue weighted by atomic mass is 9.93. The fraction of sp³-hybridized carbons (Fsp3) is 0.565. The number of hydrogen-bond acceptors (Lipinski definition) is 7. The second-order valence-corrected chi connectivity index (χ2v) is 8.63. The largest absolute Gasteiger partial charge is 0.468 e. The van der Waals surface area contributed by atoms with E-state index in [1.54, 1.807) is 46.8 Å². The maximum absolute atomic E-state index is 13.3. The summed E-state index contributed by atoms with van der Waals surface area (Å²) in [4.78, 5) is 51.5. The van der Waals surface area contributed by atoms with Gasteiger partial charge in [-0.15, -0.1) is 0 Å². The van der Waals surface area contributed by atoms with Crippen molar-refractivity contribution in [3.05, 3.63) is 34.9 Å². The summed E-state index contributed by atoms with van der Waals surface area (Å²) in [5.41, 5.74) is 1.30. The Labute approximate surface area is 194 Å². The molecule has 0 spiro atoms. The lowest BCUT2D eigenvalue weighted by Crippen LogP contribution is -2.53. The monoisotopic (exact) mass is 465 g/mol. The van der Waals surface area contributed by atoms with Crippen molar-refractivity contribution in [3.63, 3.8) is 0 Å². The summed E-state index contributed by atoms with van der Waals surface area (Å²) in [6.07, 6.45) is -0.786. The zero-order valence-corrected chi connectivity index (χ0v) is 20.4. The first-order chi connectivity index (χ1) is 15.3. The number of ether oxygens (including phenoxy) is 2. The summed E-state index contributed by atoms with van der Waals surface area (Å²) in [5, 5.41) is 14.6. The van der Waals surface area contributed by atoms with Crippen LogP contribution in [0.25, 0.3) is 0 Å². The normalized spacial score (nSPS) is 12.8. The number of methoxy groups -OCH3 is 1.